The maximum absolute atomic E-state index is 5.22. The van der Waals surface area contributed by atoms with Crippen LogP contribution in [-0.4, -0.2) is 4.98 Å². The van der Waals surface area contributed by atoms with Gasteiger partial charge in [0.2, 0.25) is 0 Å². The summed E-state index contributed by atoms with van der Waals surface area (Å²) in [6, 6.07) is 3.66. The number of aromatic nitrogens is 1. The Morgan fingerprint density at radius 2 is 1.50 bits per heavy atom. The third kappa shape index (κ3) is 4.06. The monoisotopic (exact) mass is 166 g/mol. The predicted octanol–water partition coefficient (Wildman–Crippen LogP) is 2.94. The molecule has 0 saturated heterocycles. The van der Waals surface area contributed by atoms with Crippen LogP contribution >= 0.6 is 0 Å². The lowest BCUT2D eigenvalue weighted by atomic mass is 10.0. The molecule has 1 heterocycles. The van der Waals surface area contributed by atoms with Crippen molar-refractivity contribution >= 4 is 5.82 Å². The van der Waals surface area contributed by atoms with Crippen molar-refractivity contribution in [2.45, 2.75) is 38.5 Å². The molecule has 1 aromatic heterocycles. The van der Waals surface area contributed by atoms with Crippen LogP contribution in [-0.2, 0) is 0 Å². The lowest BCUT2D eigenvalue weighted by Gasteiger charge is -2.05. The van der Waals surface area contributed by atoms with Crippen LogP contribution in [0.25, 0.3) is 0 Å². The number of H-pyrrole nitrogens is 1. The molecule has 1 aliphatic rings. The molecule has 1 saturated carbocycles. The van der Waals surface area contributed by atoms with E-state index in [0.29, 0.717) is 0 Å². The number of anilines is 1. The minimum atomic E-state index is 0.718. The molecule has 0 spiro atoms. The average molecular weight is 166 g/mol. The van der Waals surface area contributed by atoms with Crippen LogP contribution in [0.2, 0.25) is 0 Å². The average Bonchev–Trinajstić information content (AvgIpc) is 2.60. The van der Waals surface area contributed by atoms with Gasteiger partial charge in [0.05, 0.1) is 0 Å². The van der Waals surface area contributed by atoms with E-state index in [1.54, 1.807) is 12.3 Å². The van der Waals surface area contributed by atoms with Gasteiger partial charge in [-0.25, -0.2) is 0 Å². The highest BCUT2D eigenvalue weighted by molar-refractivity contribution is 5.26. The molecule has 12 heavy (non-hydrogen) atoms. The van der Waals surface area contributed by atoms with Crippen molar-refractivity contribution in [2.24, 2.45) is 0 Å². The van der Waals surface area contributed by atoms with Crippen molar-refractivity contribution in [3.05, 3.63) is 18.3 Å². The molecule has 0 radical (unpaired) electrons. The molecule has 2 rings (SSSR count). The second-order valence-electron chi connectivity index (χ2n) is 3.25. The van der Waals surface area contributed by atoms with Gasteiger partial charge < -0.3 is 10.7 Å². The fourth-order valence-electron chi connectivity index (χ4n) is 1.40. The number of nitrogen functional groups attached to an aromatic ring is 1. The first kappa shape index (κ1) is 9.17. The number of hydrogen-bond donors (Lipinski definition) is 2. The standard InChI is InChI=1S/C6H12.C4H6N2/c1-2-4-6-5-3-1;5-4-2-1-3-6-4/h1-6H2;1-3,6H,5H2. The van der Waals surface area contributed by atoms with Crippen molar-refractivity contribution in [1.29, 1.82) is 0 Å². The molecule has 1 fully saturated rings. The highest BCUT2D eigenvalue weighted by atomic mass is 14.8. The maximum Gasteiger partial charge on any atom is 0.100 e. The summed E-state index contributed by atoms with van der Waals surface area (Å²) in [6.07, 6.45) is 10.8. The van der Waals surface area contributed by atoms with E-state index in [4.69, 9.17) is 5.73 Å². The van der Waals surface area contributed by atoms with Gasteiger partial charge in [0.15, 0.2) is 0 Å². The zero-order valence-corrected chi connectivity index (χ0v) is 7.55. The largest absolute Gasteiger partial charge is 0.385 e. The summed E-state index contributed by atoms with van der Waals surface area (Å²) in [6.45, 7) is 0. The molecular weight excluding hydrogens is 148 g/mol. The summed E-state index contributed by atoms with van der Waals surface area (Å²) in [5, 5.41) is 0. The van der Waals surface area contributed by atoms with Crippen molar-refractivity contribution in [1.82, 2.24) is 4.98 Å². The number of hydrogen-bond acceptors (Lipinski definition) is 1. The second kappa shape index (κ2) is 5.70. The Balaban J connectivity index is 0.000000120. The maximum atomic E-state index is 5.22. The normalized spacial score (nSPS) is 16.3. The smallest absolute Gasteiger partial charge is 0.100 e. The van der Waals surface area contributed by atoms with Gasteiger partial charge in [0, 0.05) is 6.20 Å². The first-order valence-electron chi connectivity index (χ1n) is 4.78. The SMILES string of the molecule is C1CCCCC1.Nc1ccc[nH]1. The van der Waals surface area contributed by atoms with Gasteiger partial charge in [0.1, 0.15) is 5.82 Å². The number of aromatic amines is 1. The van der Waals surface area contributed by atoms with Gasteiger partial charge in [-0.1, -0.05) is 38.5 Å². The molecule has 1 aromatic rings. The first-order valence-corrected chi connectivity index (χ1v) is 4.78. The van der Waals surface area contributed by atoms with E-state index in [2.05, 4.69) is 4.98 Å². The third-order valence-corrected chi connectivity index (χ3v) is 2.12. The summed E-state index contributed by atoms with van der Waals surface area (Å²) in [5.41, 5.74) is 5.22. The molecule has 0 amide bonds. The molecule has 0 aromatic carbocycles. The fourth-order valence-corrected chi connectivity index (χ4v) is 1.40. The molecule has 0 atom stereocenters. The van der Waals surface area contributed by atoms with Gasteiger partial charge in [-0.05, 0) is 12.1 Å². The fraction of sp³-hybridized carbons (Fsp3) is 0.600. The van der Waals surface area contributed by atoms with Crippen molar-refractivity contribution in [3.8, 4) is 0 Å². The van der Waals surface area contributed by atoms with Crippen LogP contribution in [0.15, 0.2) is 18.3 Å². The van der Waals surface area contributed by atoms with Crippen molar-refractivity contribution < 1.29 is 0 Å². The van der Waals surface area contributed by atoms with E-state index in [1.807, 2.05) is 6.07 Å². The Bertz CT molecular complexity index is 164. The van der Waals surface area contributed by atoms with E-state index in [-0.39, 0.29) is 0 Å². The van der Waals surface area contributed by atoms with E-state index >= 15 is 0 Å². The molecule has 1 aliphatic carbocycles. The molecule has 3 N–H and O–H groups in total. The van der Waals surface area contributed by atoms with Crippen LogP contribution in [0.1, 0.15) is 38.5 Å². The van der Waals surface area contributed by atoms with E-state index < -0.39 is 0 Å². The lowest BCUT2D eigenvalue weighted by molar-refractivity contribution is 0.504. The first-order chi connectivity index (χ1) is 5.89. The summed E-state index contributed by atoms with van der Waals surface area (Å²) >= 11 is 0. The van der Waals surface area contributed by atoms with Crippen LogP contribution < -0.4 is 5.73 Å². The Hall–Kier alpha value is -0.920. The Kier molecular flexibility index (Phi) is 4.35. The quantitative estimate of drug-likeness (QED) is 0.611. The Labute approximate surface area is 74.2 Å². The number of rotatable bonds is 0. The van der Waals surface area contributed by atoms with Crippen LogP contribution in [0.4, 0.5) is 5.82 Å². The van der Waals surface area contributed by atoms with Crippen LogP contribution in [0.5, 0.6) is 0 Å². The van der Waals surface area contributed by atoms with Gasteiger partial charge in [0.25, 0.3) is 0 Å². The predicted molar refractivity (Wildman–Crippen MR) is 52.9 cm³/mol. The third-order valence-electron chi connectivity index (χ3n) is 2.12. The Morgan fingerprint density at radius 1 is 1.00 bits per heavy atom. The highest BCUT2D eigenvalue weighted by Crippen LogP contribution is 2.15. The summed E-state index contributed by atoms with van der Waals surface area (Å²) in [5.74, 6) is 0.718. The van der Waals surface area contributed by atoms with Gasteiger partial charge in [-0.15, -0.1) is 0 Å². The lowest BCUT2D eigenvalue weighted by Crippen LogP contribution is -1.85. The molecule has 68 valence electrons. The van der Waals surface area contributed by atoms with Gasteiger partial charge in [-0.3, -0.25) is 0 Å². The number of nitrogens with two attached hydrogens (primary N) is 1. The topological polar surface area (TPSA) is 41.8 Å². The zero-order valence-electron chi connectivity index (χ0n) is 7.55. The summed E-state index contributed by atoms with van der Waals surface area (Å²) in [4.78, 5) is 2.78. The molecular formula is C10H18N2. The van der Waals surface area contributed by atoms with E-state index in [1.165, 1.54) is 38.5 Å². The molecule has 0 unspecified atom stereocenters. The van der Waals surface area contributed by atoms with E-state index in [9.17, 15) is 0 Å². The van der Waals surface area contributed by atoms with Crippen molar-refractivity contribution in [3.63, 3.8) is 0 Å². The number of nitrogens with one attached hydrogen (secondary N) is 1. The molecule has 2 heteroatoms. The Morgan fingerprint density at radius 3 is 1.67 bits per heavy atom. The van der Waals surface area contributed by atoms with Crippen molar-refractivity contribution in [2.75, 3.05) is 5.73 Å². The van der Waals surface area contributed by atoms with Gasteiger partial charge >= 0.3 is 0 Å². The second-order valence-corrected chi connectivity index (χ2v) is 3.25. The molecule has 2 nitrogen and oxygen atoms in total. The van der Waals surface area contributed by atoms with Crippen LogP contribution in [0.3, 0.4) is 0 Å². The molecule has 0 aliphatic heterocycles. The van der Waals surface area contributed by atoms with Crippen LogP contribution in [0, 0.1) is 0 Å². The highest BCUT2D eigenvalue weighted by Gasteiger charge is 1.95. The summed E-state index contributed by atoms with van der Waals surface area (Å²) < 4.78 is 0. The van der Waals surface area contributed by atoms with Gasteiger partial charge in [-0.2, -0.15) is 0 Å². The molecule has 0 bridgehead atoms. The minimum absolute atomic E-state index is 0.718. The summed E-state index contributed by atoms with van der Waals surface area (Å²) in [7, 11) is 0. The minimum Gasteiger partial charge on any atom is -0.385 e. The zero-order chi connectivity index (χ0) is 8.65. The van der Waals surface area contributed by atoms with E-state index in [0.717, 1.165) is 5.82 Å².